The van der Waals surface area contributed by atoms with E-state index in [-0.39, 0.29) is 5.91 Å². The van der Waals surface area contributed by atoms with Crippen LogP contribution in [0.2, 0.25) is 0 Å². The zero-order valence-electron chi connectivity index (χ0n) is 12.5. The maximum absolute atomic E-state index is 11.7. The molecule has 0 aliphatic rings. The minimum Gasteiger partial charge on any atom is -0.493 e. The molecule has 2 aromatic carbocycles. The molecular weight excluding hydrogens is 266 g/mol. The van der Waals surface area contributed by atoms with Gasteiger partial charge in [0, 0.05) is 12.6 Å². The summed E-state index contributed by atoms with van der Waals surface area (Å²) in [6, 6.07) is 13.6. The number of benzene rings is 2. The van der Waals surface area contributed by atoms with E-state index in [1.807, 2.05) is 42.5 Å². The smallest absolute Gasteiger partial charge is 0.224 e. The van der Waals surface area contributed by atoms with Gasteiger partial charge in [-0.25, -0.2) is 0 Å². The molecule has 0 aromatic heterocycles. The summed E-state index contributed by atoms with van der Waals surface area (Å²) in [5, 5.41) is 2.65. The number of methoxy groups -OCH3 is 2. The summed E-state index contributed by atoms with van der Waals surface area (Å²) in [5.41, 5.74) is 2.78. The molecule has 21 heavy (non-hydrogen) atoms. The fourth-order valence-electron chi connectivity index (χ4n) is 2.30. The van der Waals surface area contributed by atoms with Crippen LogP contribution in [0.1, 0.15) is 5.56 Å². The molecule has 0 atom stereocenters. The zero-order chi connectivity index (χ0) is 15.2. The van der Waals surface area contributed by atoms with Crippen LogP contribution >= 0.6 is 0 Å². The number of amides is 1. The molecule has 0 bridgehead atoms. The molecule has 0 saturated heterocycles. The molecule has 2 aromatic rings. The van der Waals surface area contributed by atoms with Crippen molar-refractivity contribution >= 4 is 5.91 Å². The second-order valence-electron chi connectivity index (χ2n) is 4.55. The van der Waals surface area contributed by atoms with Gasteiger partial charge in [0.1, 0.15) is 0 Å². The first-order chi connectivity index (χ1) is 10.2. The summed E-state index contributed by atoms with van der Waals surface area (Å²) in [7, 11) is 4.84. The van der Waals surface area contributed by atoms with Crippen molar-refractivity contribution in [2.24, 2.45) is 0 Å². The molecule has 110 valence electrons. The molecule has 1 amide bonds. The van der Waals surface area contributed by atoms with Crippen LogP contribution in [0, 0.1) is 0 Å². The number of carbonyl (C=O) groups excluding carboxylic acids is 1. The van der Waals surface area contributed by atoms with Crippen molar-refractivity contribution in [2.45, 2.75) is 6.42 Å². The van der Waals surface area contributed by atoms with Crippen molar-refractivity contribution in [2.75, 3.05) is 21.3 Å². The number of hydrogen-bond donors (Lipinski definition) is 1. The van der Waals surface area contributed by atoms with E-state index >= 15 is 0 Å². The zero-order valence-corrected chi connectivity index (χ0v) is 12.5. The fourth-order valence-corrected chi connectivity index (χ4v) is 2.30. The van der Waals surface area contributed by atoms with E-state index in [0.29, 0.717) is 17.9 Å². The van der Waals surface area contributed by atoms with E-state index in [1.165, 1.54) is 0 Å². The standard InChI is InChI=1S/C17H19NO3/c1-18-15(19)11-13-9-10-14(20-2)17(21-3)16(13)12-7-5-4-6-8-12/h4-10H,11H2,1-3H3,(H,18,19). The van der Waals surface area contributed by atoms with Gasteiger partial charge in [0.2, 0.25) is 5.91 Å². The maximum atomic E-state index is 11.7. The Morgan fingerprint density at radius 2 is 1.76 bits per heavy atom. The molecule has 4 heteroatoms. The number of rotatable bonds is 5. The molecule has 0 unspecified atom stereocenters. The summed E-state index contributed by atoms with van der Waals surface area (Å²) < 4.78 is 10.9. The van der Waals surface area contributed by atoms with E-state index in [9.17, 15) is 4.79 Å². The van der Waals surface area contributed by atoms with Crippen LogP contribution in [0.4, 0.5) is 0 Å². The molecule has 0 saturated carbocycles. The Morgan fingerprint density at radius 1 is 1.05 bits per heavy atom. The molecule has 0 aliphatic carbocycles. The van der Waals surface area contributed by atoms with Gasteiger partial charge in [0.05, 0.1) is 20.6 Å². The van der Waals surface area contributed by atoms with Gasteiger partial charge in [-0.3, -0.25) is 4.79 Å². The molecular formula is C17H19NO3. The van der Waals surface area contributed by atoms with Gasteiger partial charge in [-0.2, -0.15) is 0 Å². The molecule has 4 nitrogen and oxygen atoms in total. The van der Waals surface area contributed by atoms with Gasteiger partial charge < -0.3 is 14.8 Å². The first-order valence-electron chi connectivity index (χ1n) is 6.71. The molecule has 0 spiro atoms. The highest BCUT2D eigenvalue weighted by atomic mass is 16.5. The minimum absolute atomic E-state index is 0.0422. The van der Waals surface area contributed by atoms with Crippen molar-refractivity contribution in [3.05, 3.63) is 48.0 Å². The Bertz CT molecular complexity index is 623. The molecule has 0 aliphatic heterocycles. The third-order valence-corrected chi connectivity index (χ3v) is 3.32. The third-order valence-electron chi connectivity index (χ3n) is 3.32. The number of likely N-dealkylation sites (N-methyl/N-ethyl adjacent to an activating group) is 1. The predicted molar refractivity (Wildman–Crippen MR) is 82.8 cm³/mol. The predicted octanol–water partition coefficient (Wildman–Crippen LogP) is 2.66. The van der Waals surface area contributed by atoms with Gasteiger partial charge in [-0.15, -0.1) is 0 Å². The first kappa shape index (κ1) is 14.9. The Morgan fingerprint density at radius 3 is 2.33 bits per heavy atom. The lowest BCUT2D eigenvalue weighted by atomic mass is 9.95. The molecule has 2 rings (SSSR count). The topological polar surface area (TPSA) is 47.6 Å². The molecule has 1 N–H and O–H groups in total. The van der Waals surface area contributed by atoms with E-state index < -0.39 is 0 Å². The van der Waals surface area contributed by atoms with Gasteiger partial charge in [-0.1, -0.05) is 36.4 Å². The van der Waals surface area contributed by atoms with Crippen LogP contribution < -0.4 is 14.8 Å². The lowest BCUT2D eigenvalue weighted by Crippen LogP contribution is -2.20. The van der Waals surface area contributed by atoms with Crippen LogP contribution in [0.15, 0.2) is 42.5 Å². The summed E-state index contributed by atoms with van der Waals surface area (Å²) in [6.45, 7) is 0. The summed E-state index contributed by atoms with van der Waals surface area (Å²) in [4.78, 5) is 11.7. The van der Waals surface area contributed by atoms with Crippen LogP contribution in [-0.4, -0.2) is 27.2 Å². The van der Waals surface area contributed by atoms with Crippen LogP contribution in [0.25, 0.3) is 11.1 Å². The Kier molecular flexibility index (Phi) is 4.82. The van der Waals surface area contributed by atoms with Crippen molar-refractivity contribution in [1.29, 1.82) is 0 Å². The molecule has 0 fully saturated rings. The summed E-state index contributed by atoms with van der Waals surface area (Å²) >= 11 is 0. The SMILES string of the molecule is CNC(=O)Cc1ccc(OC)c(OC)c1-c1ccccc1. The maximum Gasteiger partial charge on any atom is 0.224 e. The lowest BCUT2D eigenvalue weighted by Gasteiger charge is -2.17. The number of hydrogen-bond acceptors (Lipinski definition) is 3. The third kappa shape index (κ3) is 3.16. The second kappa shape index (κ2) is 6.79. The van der Waals surface area contributed by atoms with Crippen molar-refractivity contribution in [3.63, 3.8) is 0 Å². The van der Waals surface area contributed by atoms with E-state index in [1.54, 1.807) is 21.3 Å². The quantitative estimate of drug-likeness (QED) is 0.918. The van der Waals surface area contributed by atoms with E-state index in [4.69, 9.17) is 9.47 Å². The summed E-state index contributed by atoms with van der Waals surface area (Å²) in [5.74, 6) is 1.25. The average Bonchev–Trinajstić information content (AvgIpc) is 2.54. The van der Waals surface area contributed by atoms with Gasteiger partial charge in [0.15, 0.2) is 11.5 Å². The van der Waals surface area contributed by atoms with E-state index in [2.05, 4.69) is 5.32 Å². The van der Waals surface area contributed by atoms with Gasteiger partial charge >= 0.3 is 0 Å². The first-order valence-corrected chi connectivity index (χ1v) is 6.71. The minimum atomic E-state index is -0.0422. The molecule has 0 heterocycles. The Hall–Kier alpha value is -2.49. The largest absolute Gasteiger partial charge is 0.493 e. The summed E-state index contributed by atoms with van der Waals surface area (Å²) in [6.07, 6.45) is 0.293. The second-order valence-corrected chi connectivity index (χ2v) is 4.55. The van der Waals surface area contributed by atoms with Crippen LogP contribution in [-0.2, 0) is 11.2 Å². The highest BCUT2D eigenvalue weighted by Crippen LogP contribution is 2.40. The highest BCUT2D eigenvalue weighted by molar-refractivity contribution is 5.85. The van der Waals surface area contributed by atoms with Crippen molar-refractivity contribution < 1.29 is 14.3 Å². The number of carbonyl (C=O) groups is 1. The molecule has 0 radical (unpaired) electrons. The Balaban J connectivity index is 2.63. The number of nitrogens with one attached hydrogen (secondary N) is 1. The number of ether oxygens (including phenoxy) is 2. The Labute approximate surface area is 124 Å². The van der Waals surface area contributed by atoms with E-state index in [0.717, 1.165) is 16.7 Å². The van der Waals surface area contributed by atoms with Crippen LogP contribution in [0.3, 0.4) is 0 Å². The van der Waals surface area contributed by atoms with Gasteiger partial charge in [0.25, 0.3) is 0 Å². The van der Waals surface area contributed by atoms with Crippen LogP contribution in [0.5, 0.6) is 11.5 Å². The lowest BCUT2D eigenvalue weighted by molar-refractivity contribution is -0.119. The fraction of sp³-hybridized carbons (Fsp3) is 0.235. The average molecular weight is 285 g/mol. The highest BCUT2D eigenvalue weighted by Gasteiger charge is 2.17. The van der Waals surface area contributed by atoms with Gasteiger partial charge in [-0.05, 0) is 17.2 Å². The monoisotopic (exact) mass is 285 g/mol. The normalized spacial score (nSPS) is 10.0. The van der Waals surface area contributed by atoms with Crippen molar-refractivity contribution in [3.8, 4) is 22.6 Å². The van der Waals surface area contributed by atoms with Crippen molar-refractivity contribution in [1.82, 2.24) is 5.32 Å².